The van der Waals surface area contributed by atoms with E-state index in [4.69, 9.17) is 4.74 Å². The van der Waals surface area contributed by atoms with Crippen LogP contribution in [0.2, 0.25) is 0 Å². The van der Waals surface area contributed by atoms with Crippen LogP contribution in [0.15, 0.2) is 48.5 Å². The molecule has 0 bridgehead atoms. The molecule has 4 heteroatoms. The van der Waals surface area contributed by atoms with Crippen molar-refractivity contribution in [1.82, 2.24) is 4.57 Å². The molecule has 27 heavy (non-hydrogen) atoms. The van der Waals surface area contributed by atoms with Gasteiger partial charge in [-0.1, -0.05) is 36.4 Å². The number of Topliss-reactive ketones (excluding diaryl/α,β-unsaturated/α-hetero) is 1. The van der Waals surface area contributed by atoms with Crippen molar-refractivity contribution in [2.45, 2.75) is 25.8 Å². The first kappa shape index (κ1) is 16.1. The van der Waals surface area contributed by atoms with Crippen molar-refractivity contribution >= 4 is 11.6 Å². The zero-order valence-electron chi connectivity index (χ0n) is 15.1. The molecule has 0 amide bonds. The molecule has 0 spiro atoms. The molecule has 0 atom stereocenters. The zero-order valence-corrected chi connectivity index (χ0v) is 15.1. The van der Waals surface area contributed by atoms with Crippen molar-refractivity contribution in [2.75, 3.05) is 7.11 Å². The van der Waals surface area contributed by atoms with Crippen molar-refractivity contribution in [3.63, 3.8) is 0 Å². The molecule has 0 aliphatic heterocycles. The Bertz CT molecular complexity index is 1090. The third-order valence-corrected chi connectivity index (χ3v) is 5.62. The highest BCUT2D eigenvalue weighted by molar-refractivity contribution is 6.26. The maximum atomic E-state index is 13.1. The second-order valence-electron chi connectivity index (χ2n) is 7.13. The molecule has 0 unspecified atom stereocenters. The normalized spacial score (nSPS) is 14.7. The lowest BCUT2D eigenvalue weighted by Crippen LogP contribution is -2.16. The maximum Gasteiger partial charge on any atom is 0.196 e. The van der Waals surface area contributed by atoms with Crippen LogP contribution in [0.3, 0.4) is 0 Å². The smallest absolute Gasteiger partial charge is 0.196 e. The van der Waals surface area contributed by atoms with Crippen LogP contribution in [-0.2, 0) is 13.0 Å². The number of ether oxygens (including phenoxy) is 1. The first-order valence-electron chi connectivity index (χ1n) is 9.24. The minimum Gasteiger partial charge on any atom is -0.497 e. The van der Waals surface area contributed by atoms with E-state index in [2.05, 4.69) is 4.57 Å². The molecule has 1 aromatic heterocycles. The summed E-state index contributed by atoms with van der Waals surface area (Å²) in [5.74, 6) is 0.900. The minimum absolute atomic E-state index is 0.0134. The Morgan fingerprint density at radius 2 is 1.67 bits per heavy atom. The summed E-state index contributed by atoms with van der Waals surface area (Å²) in [6.45, 7) is 0.635. The number of nitrogens with zero attached hydrogens (tertiary/aromatic N) is 1. The monoisotopic (exact) mass is 357 g/mol. The van der Waals surface area contributed by atoms with E-state index in [0.717, 1.165) is 41.1 Å². The third-order valence-electron chi connectivity index (χ3n) is 5.62. The number of carbonyl (C=O) groups excluding carboxylic acids is 2. The fourth-order valence-electron chi connectivity index (χ4n) is 4.38. The number of benzene rings is 2. The Kier molecular flexibility index (Phi) is 3.54. The molecule has 3 aromatic rings. The standard InChI is InChI=1S/C23H19NO3/c1-27-15-11-9-14(10-12-15)13-24-18-7-4-8-19(25)20(18)21-22(24)16-5-2-3-6-17(16)23(21)26/h2-3,5-6,9-12H,4,7-8,13H2,1H3. The van der Waals surface area contributed by atoms with Gasteiger partial charge in [-0.15, -0.1) is 0 Å². The van der Waals surface area contributed by atoms with Crippen molar-refractivity contribution in [1.29, 1.82) is 0 Å². The number of aromatic nitrogens is 1. The Balaban J connectivity index is 1.72. The molecule has 134 valence electrons. The van der Waals surface area contributed by atoms with Crippen molar-refractivity contribution in [2.24, 2.45) is 0 Å². The highest BCUT2D eigenvalue weighted by Crippen LogP contribution is 2.44. The fraction of sp³-hybridized carbons (Fsp3) is 0.217. The van der Waals surface area contributed by atoms with E-state index in [1.165, 1.54) is 0 Å². The third kappa shape index (κ3) is 2.29. The Morgan fingerprint density at radius 3 is 2.41 bits per heavy atom. The number of methoxy groups -OCH3 is 1. The van der Waals surface area contributed by atoms with Crippen LogP contribution in [0.4, 0.5) is 0 Å². The van der Waals surface area contributed by atoms with Gasteiger partial charge in [-0.25, -0.2) is 0 Å². The van der Waals surface area contributed by atoms with Gasteiger partial charge in [0, 0.05) is 29.8 Å². The summed E-state index contributed by atoms with van der Waals surface area (Å²) in [6, 6.07) is 15.6. The molecule has 2 aromatic carbocycles. The first-order valence-corrected chi connectivity index (χ1v) is 9.24. The van der Waals surface area contributed by atoms with Crippen molar-refractivity contribution < 1.29 is 14.3 Å². The van der Waals surface area contributed by atoms with Crippen LogP contribution in [0.25, 0.3) is 11.3 Å². The number of hydrogen-bond donors (Lipinski definition) is 0. The van der Waals surface area contributed by atoms with Crippen molar-refractivity contribution in [3.8, 4) is 17.0 Å². The van der Waals surface area contributed by atoms with Crippen LogP contribution < -0.4 is 4.74 Å². The summed E-state index contributed by atoms with van der Waals surface area (Å²) < 4.78 is 7.44. The summed E-state index contributed by atoms with van der Waals surface area (Å²) in [5, 5.41) is 0. The molecule has 0 saturated heterocycles. The van der Waals surface area contributed by atoms with Crippen LogP contribution in [0, 0.1) is 0 Å². The zero-order chi connectivity index (χ0) is 18.5. The molecular weight excluding hydrogens is 338 g/mol. The highest BCUT2D eigenvalue weighted by atomic mass is 16.5. The molecule has 2 aliphatic carbocycles. The molecule has 0 saturated carbocycles. The van der Waals surface area contributed by atoms with E-state index in [-0.39, 0.29) is 11.6 Å². The van der Waals surface area contributed by atoms with Gasteiger partial charge in [0.1, 0.15) is 5.75 Å². The van der Waals surface area contributed by atoms with Gasteiger partial charge in [0.2, 0.25) is 0 Å². The Morgan fingerprint density at radius 1 is 0.926 bits per heavy atom. The second-order valence-corrected chi connectivity index (χ2v) is 7.13. The van der Waals surface area contributed by atoms with E-state index < -0.39 is 0 Å². The molecule has 0 fully saturated rings. The quantitative estimate of drug-likeness (QED) is 0.550. The number of hydrogen-bond acceptors (Lipinski definition) is 3. The van der Waals surface area contributed by atoms with E-state index in [0.29, 0.717) is 29.7 Å². The van der Waals surface area contributed by atoms with E-state index in [9.17, 15) is 9.59 Å². The summed E-state index contributed by atoms with van der Waals surface area (Å²) in [6.07, 6.45) is 2.20. The maximum absolute atomic E-state index is 13.1. The Labute approximate surface area is 157 Å². The fourth-order valence-corrected chi connectivity index (χ4v) is 4.38. The van der Waals surface area contributed by atoms with Crippen LogP contribution >= 0.6 is 0 Å². The summed E-state index contributed by atoms with van der Waals surface area (Å²) >= 11 is 0. The number of rotatable bonds is 3. The van der Waals surface area contributed by atoms with E-state index in [1.54, 1.807) is 7.11 Å². The van der Waals surface area contributed by atoms with Crippen LogP contribution in [-0.4, -0.2) is 23.2 Å². The molecule has 0 radical (unpaired) electrons. The number of fused-ring (bicyclic) bond motifs is 5. The van der Waals surface area contributed by atoms with Gasteiger partial charge >= 0.3 is 0 Å². The minimum atomic E-state index is -0.0134. The van der Waals surface area contributed by atoms with Crippen LogP contribution in [0.5, 0.6) is 5.75 Å². The largest absolute Gasteiger partial charge is 0.497 e. The predicted molar refractivity (Wildman–Crippen MR) is 103 cm³/mol. The summed E-state index contributed by atoms with van der Waals surface area (Å²) in [5.41, 5.74) is 5.95. The molecule has 5 rings (SSSR count). The lowest BCUT2D eigenvalue weighted by Gasteiger charge is -2.18. The van der Waals surface area contributed by atoms with Gasteiger partial charge in [0.05, 0.1) is 23.9 Å². The van der Waals surface area contributed by atoms with Gasteiger partial charge in [-0.2, -0.15) is 0 Å². The second kappa shape index (κ2) is 5.95. The highest BCUT2D eigenvalue weighted by Gasteiger charge is 2.39. The van der Waals surface area contributed by atoms with Crippen molar-refractivity contribution in [3.05, 3.63) is 76.5 Å². The van der Waals surface area contributed by atoms with Gasteiger partial charge in [0.25, 0.3) is 0 Å². The predicted octanol–water partition coefficient (Wildman–Crippen LogP) is 4.28. The number of carbonyl (C=O) groups is 2. The lowest BCUT2D eigenvalue weighted by atomic mass is 9.92. The van der Waals surface area contributed by atoms with Crippen LogP contribution in [0.1, 0.15) is 50.4 Å². The van der Waals surface area contributed by atoms with E-state index >= 15 is 0 Å². The molecule has 2 aliphatic rings. The first-order chi connectivity index (χ1) is 13.2. The molecule has 1 heterocycles. The van der Waals surface area contributed by atoms with Gasteiger partial charge in [-0.05, 0) is 30.5 Å². The molecule has 4 nitrogen and oxygen atoms in total. The summed E-state index contributed by atoms with van der Waals surface area (Å²) in [7, 11) is 1.65. The topological polar surface area (TPSA) is 48.3 Å². The lowest BCUT2D eigenvalue weighted by molar-refractivity contribution is 0.0959. The van der Waals surface area contributed by atoms with Gasteiger partial charge in [-0.3, -0.25) is 9.59 Å². The summed E-state index contributed by atoms with van der Waals surface area (Å²) in [4.78, 5) is 25.8. The van der Waals surface area contributed by atoms with Gasteiger partial charge in [0.15, 0.2) is 11.6 Å². The number of ketones is 2. The molecule has 0 N–H and O–H groups in total. The molecular formula is C23H19NO3. The Hall–Kier alpha value is -3.14. The van der Waals surface area contributed by atoms with E-state index in [1.807, 2.05) is 48.5 Å². The average molecular weight is 357 g/mol. The average Bonchev–Trinajstić information content (AvgIpc) is 3.18. The SMILES string of the molecule is COc1ccc(Cn2c3c(c4c2-c2ccccc2C4=O)C(=O)CCC3)cc1. The van der Waals surface area contributed by atoms with Gasteiger partial charge < -0.3 is 9.30 Å².